The molecule has 2 nitrogen and oxygen atoms in total. The van der Waals surface area contributed by atoms with Gasteiger partial charge in [0, 0.05) is 13.5 Å². The van der Waals surface area contributed by atoms with Crippen molar-refractivity contribution in [3.05, 3.63) is 35.6 Å². The Labute approximate surface area is 95.8 Å². The molecule has 16 heavy (non-hydrogen) atoms. The number of benzene rings is 1. The molecule has 3 heteroatoms. The van der Waals surface area contributed by atoms with E-state index in [1.54, 1.807) is 7.11 Å². The molecule has 0 amide bonds. The quantitative estimate of drug-likeness (QED) is 0.847. The summed E-state index contributed by atoms with van der Waals surface area (Å²) in [5.74, 6) is -0.180. The fourth-order valence-electron chi connectivity index (χ4n) is 2.31. The smallest absolute Gasteiger partial charge is 0.123 e. The molecule has 88 valence electrons. The van der Waals surface area contributed by atoms with Gasteiger partial charge in [0.05, 0.1) is 5.60 Å². The van der Waals surface area contributed by atoms with Crippen molar-refractivity contribution in [2.45, 2.75) is 24.9 Å². The van der Waals surface area contributed by atoms with Gasteiger partial charge in [-0.05, 0) is 43.6 Å². The second-order valence-electron chi connectivity index (χ2n) is 4.44. The van der Waals surface area contributed by atoms with Gasteiger partial charge in [0.1, 0.15) is 5.82 Å². The fourth-order valence-corrected chi connectivity index (χ4v) is 2.31. The second kappa shape index (κ2) is 4.93. The highest BCUT2D eigenvalue weighted by Gasteiger charge is 2.31. The Morgan fingerprint density at radius 1 is 1.25 bits per heavy atom. The number of piperidine rings is 1. The van der Waals surface area contributed by atoms with Crippen molar-refractivity contribution < 1.29 is 9.13 Å². The van der Waals surface area contributed by atoms with Crippen LogP contribution in [-0.4, -0.2) is 25.8 Å². The van der Waals surface area contributed by atoms with E-state index in [0.29, 0.717) is 0 Å². The maximum Gasteiger partial charge on any atom is 0.123 e. The predicted molar refractivity (Wildman–Crippen MR) is 61.9 cm³/mol. The molecule has 1 fully saturated rings. The summed E-state index contributed by atoms with van der Waals surface area (Å²) >= 11 is 0. The third kappa shape index (κ3) is 2.60. The molecule has 2 rings (SSSR count). The van der Waals surface area contributed by atoms with Crippen LogP contribution in [0.3, 0.4) is 0 Å². The summed E-state index contributed by atoms with van der Waals surface area (Å²) in [5.41, 5.74) is 1.08. The van der Waals surface area contributed by atoms with Gasteiger partial charge in [-0.2, -0.15) is 0 Å². The molecule has 1 heterocycles. The standard InChI is InChI=1S/C13H18FNO/c1-16-13(6-8-15-9-7-13)10-11-2-4-12(14)5-3-11/h2-5,15H,6-10H2,1H3. The van der Waals surface area contributed by atoms with E-state index >= 15 is 0 Å². The van der Waals surface area contributed by atoms with Crippen LogP contribution >= 0.6 is 0 Å². The van der Waals surface area contributed by atoms with Gasteiger partial charge < -0.3 is 10.1 Å². The molecule has 0 saturated carbocycles. The Bertz CT molecular complexity index is 330. The van der Waals surface area contributed by atoms with Gasteiger partial charge >= 0.3 is 0 Å². The normalized spacial score (nSPS) is 19.6. The Balaban J connectivity index is 2.08. The summed E-state index contributed by atoms with van der Waals surface area (Å²) in [6, 6.07) is 6.72. The van der Waals surface area contributed by atoms with Crippen molar-refractivity contribution in [2.24, 2.45) is 0 Å². The zero-order chi connectivity index (χ0) is 11.4. The summed E-state index contributed by atoms with van der Waals surface area (Å²) in [6.07, 6.45) is 2.90. The first-order chi connectivity index (χ1) is 7.74. The van der Waals surface area contributed by atoms with Gasteiger partial charge in [-0.3, -0.25) is 0 Å². The van der Waals surface area contributed by atoms with Crippen LogP contribution in [0.5, 0.6) is 0 Å². The molecular weight excluding hydrogens is 205 g/mol. The minimum absolute atomic E-state index is 0.0664. The molecule has 0 radical (unpaired) electrons. The van der Waals surface area contributed by atoms with E-state index in [9.17, 15) is 4.39 Å². The van der Waals surface area contributed by atoms with E-state index in [2.05, 4.69) is 5.32 Å². The SMILES string of the molecule is COC1(Cc2ccc(F)cc2)CCNCC1. The van der Waals surface area contributed by atoms with Crippen molar-refractivity contribution in [1.29, 1.82) is 0 Å². The number of nitrogens with one attached hydrogen (secondary N) is 1. The zero-order valence-corrected chi connectivity index (χ0v) is 9.63. The Morgan fingerprint density at radius 3 is 2.44 bits per heavy atom. The molecule has 1 aromatic rings. The Kier molecular flexibility index (Phi) is 3.56. The van der Waals surface area contributed by atoms with Gasteiger partial charge in [-0.25, -0.2) is 4.39 Å². The maximum atomic E-state index is 12.8. The highest BCUT2D eigenvalue weighted by molar-refractivity contribution is 5.18. The van der Waals surface area contributed by atoms with Crippen molar-refractivity contribution in [3.8, 4) is 0 Å². The summed E-state index contributed by atoms with van der Waals surface area (Å²) in [6.45, 7) is 1.99. The van der Waals surface area contributed by atoms with Gasteiger partial charge in [0.15, 0.2) is 0 Å². The minimum Gasteiger partial charge on any atom is -0.378 e. The van der Waals surface area contributed by atoms with Crippen LogP contribution in [0, 0.1) is 5.82 Å². The third-order valence-electron chi connectivity index (χ3n) is 3.39. The highest BCUT2D eigenvalue weighted by Crippen LogP contribution is 2.27. The molecule has 0 spiro atoms. The number of methoxy groups -OCH3 is 1. The third-order valence-corrected chi connectivity index (χ3v) is 3.39. The van der Waals surface area contributed by atoms with Crippen LogP contribution in [-0.2, 0) is 11.2 Å². The molecule has 1 aliphatic rings. The van der Waals surface area contributed by atoms with Crippen LogP contribution in [0.1, 0.15) is 18.4 Å². The van der Waals surface area contributed by atoms with E-state index in [1.165, 1.54) is 12.1 Å². The van der Waals surface area contributed by atoms with Crippen molar-refractivity contribution in [1.82, 2.24) is 5.32 Å². The highest BCUT2D eigenvalue weighted by atomic mass is 19.1. The first kappa shape index (κ1) is 11.6. The average Bonchev–Trinajstić information content (AvgIpc) is 2.33. The largest absolute Gasteiger partial charge is 0.378 e. The van der Waals surface area contributed by atoms with Gasteiger partial charge in [-0.1, -0.05) is 12.1 Å². The second-order valence-corrected chi connectivity index (χ2v) is 4.44. The molecular formula is C13H18FNO. The molecule has 1 saturated heterocycles. The molecule has 0 bridgehead atoms. The first-order valence-electron chi connectivity index (χ1n) is 5.74. The number of hydrogen-bond donors (Lipinski definition) is 1. The average molecular weight is 223 g/mol. The molecule has 0 atom stereocenters. The van der Waals surface area contributed by atoms with Crippen LogP contribution in [0.2, 0.25) is 0 Å². The predicted octanol–water partition coefficient (Wildman–Crippen LogP) is 2.14. The number of ether oxygens (including phenoxy) is 1. The monoisotopic (exact) mass is 223 g/mol. The lowest BCUT2D eigenvalue weighted by Crippen LogP contribution is -2.44. The lowest BCUT2D eigenvalue weighted by molar-refractivity contribution is -0.0333. The van der Waals surface area contributed by atoms with Gasteiger partial charge in [-0.15, -0.1) is 0 Å². The van der Waals surface area contributed by atoms with Crippen LogP contribution < -0.4 is 5.32 Å². The number of hydrogen-bond acceptors (Lipinski definition) is 2. The Hall–Kier alpha value is -0.930. The zero-order valence-electron chi connectivity index (χ0n) is 9.63. The maximum absolute atomic E-state index is 12.8. The van der Waals surface area contributed by atoms with Crippen molar-refractivity contribution >= 4 is 0 Å². The molecule has 1 N–H and O–H groups in total. The summed E-state index contributed by atoms with van der Waals surface area (Å²) in [7, 11) is 1.77. The van der Waals surface area contributed by atoms with E-state index in [4.69, 9.17) is 4.74 Å². The minimum atomic E-state index is -0.180. The molecule has 0 aliphatic carbocycles. The summed E-state index contributed by atoms with van der Waals surface area (Å²) in [4.78, 5) is 0. The van der Waals surface area contributed by atoms with E-state index in [0.717, 1.165) is 37.9 Å². The van der Waals surface area contributed by atoms with Gasteiger partial charge in [0.2, 0.25) is 0 Å². The molecule has 0 unspecified atom stereocenters. The summed E-state index contributed by atoms with van der Waals surface area (Å²) < 4.78 is 18.5. The molecule has 1 aromatic carbocycles. The molecule has 1 aliphatic heterocycles. The first-order valence-corrected chi connectivity index (χ1v) is 5.74. The summed E-state index contributed by atoms with van der Waals surface area (Å²) in [5, 5.41) is 3.33. The van der Waals surface area contributed by atoms with Crippen LogP contribution in [0.25, 0.3) is 0 Å². The van der Waals surface area contributed by atoms with Crippen LogP contribution in [0.15, 0.2) is 24.3 Å². The number of rotatable bonds is 3. The van der Waals surface area contributed by atoms with Crippen LogP contribution in [0.4, 0.5) is 4.39 Å². The van der Waals surface area contributed by atoms with Crippen molar-refractivity contribution in [3.63, 3.8) is 0 Å². The van der Waals surface area contributed by atoms with E-state index in [-0.39, 0.29) is 11.4 Å². The molecule has 0 aromatic heterocycles. The Morgan fingerprint density at radius 2 is 1.88 bits per heavy atom. The fraction of sp³-hybridized carbons (Fsp3) is 0.538. The number of halogens is 1. The van der Waals surface area contributed by atoms with Gasteiger partial charge in [0.25, 0.3) is 0 Å². The van der Waals surface area contributed by atoms with E-state index < -0.39 is 0 Å². The lowest BCUT2D eigenvalue weighted by atomic mass is 9.86. The lowest BCUT2D eigenvalue weighted by Gasteiger charge is -2.36. The topological polar surface area (TPSA) is 21.3 Å². The van der Waals surface area contributed by atoms with E-state index in [1.807, 2.05) is 12.1 Å². The van der Waals surface area contributed by atoms with Crippen molar-refractivity contribution in [2.75, 3.05) is 20.2 Å².